The zero-order chi connectivity index (χ0) is 11.8. The fourth-order valence-corrected chi connectivity index (χ4v) is 2.86. The van der Waals surface area contributed by atoms with Gasteiger partial charge in [0.15, 0.2) is 0 Å². The predicted octanol–water partition coefficient (Wildman–Crippen LogP) is 1.80. The first kappa shape index (κ1) is 13.8. The van der Waals surface area contributed by atoms with Gasteiger partial charge in [-0.15, -0.1) is 0 Å². The second kappa shape index (κ2) is 7.96. The van der Waals surface area contributed by atoms with Gasteiger partial charge in [-0.25, -0.2) is 0 Å². The summed E-state index contributed by atoms with van der Waals surface area (Å²) in [5.74, 6) is 2.18. The first-order chi connectivity index (χ1) is 7.74. The van der Waals surface area contributed by atoms with Crippen LogP contribution in [0.5, 0.6) is 0 Å². The van der Waals surface area contributed by atoms with Gasteiger partial charge < -0.3 is 10.4 Å². The van der Waals surface area contributed by atoms with Gasteiger partial charge in [0.2, 0.25) is 5.91 Å². The molecule has 1 amide bonds. The highest BCUT2D eigenvalue weighted by molar-refractivity contribution is 7.99. The summed E-state index contributed by atoms with van der Waals surface area (Å²) >= 11 is 1.60. The molecule has 0 aromatic rings. The van der Waals surface area contributed by atoms with E-state index in [1.165, 1.54) is 19.3 Å². The van der Waals surface area contributed by atoms with Crippen molar-refractivity contribution in [2.45, 2.75) is 45.1 Å². The van der Waals surface area contributed by atoms with Crippen LogP contribution in [-0.2, 0) is 4.79 Å². The van der Waals surface area contributed by atoms with Crippen LogP contribution < -0.4 is 5.32 Å². The molecule has 0 aromatic heterocycles. The Bertz CT molecular complexity index is 211. The van der Waals surface area contributed by atoms with Crippen LogP contribution in [0.25, 0.3) is 0 Å². The molecule has 1 fully saturated rings. The van der Waals surface area contributed by atoms with E-state index >= 15 is 0 Å². The maximum Gasteiger partial charge on any atom is 0.230 e. The van der Waals surface area contributed by atoms with Crippen molar-refractivity contribution in [2.24, 2.45) is 5.92 Å². The Morgan fingerprint density at radius 3 is 2.88 bits per heavy atom. The van der Waals surface area contributed by atoms with Crippen molar-refractivity contribution >= 4 is 17.7 Å². The lowest BCUT2D eigenvalue weighted by atomic mass is 9.86. The van der Waals surface area contributed by atoms with Crippen LogP contribution in [0.4, 0.5) is 0 Å². The van der Waals surface area contributed by atoms with Gasteiger partial charge >= 0.3 is 0 Å². The first-order valence-corrected chi connectivity index (χ1v) is 7.37. The molecule has 1 rings (SSSR count). The van der Waals surface area contributed by atoms with E-state index < -0.39 is 0 Å². The minimum Gasteiger partial charge on any atom is -0.396 e. The van der Waals surface area contributed by atoms with Crippen molar-refractivity contribution in [3.63, 3.8) is 0 Å². The van der Waals surface area contributed by atoms with E-state index in [2.05, 4.69) is 12.2 Å². The third-order valence-electron chi connectivity index (χ3n) is 3.14. The van der Waals surface area contributed by atoms with Gasteiger partial charge in [0, 0.05) is 12.6 Å². The van der Waals surface area contributed by atoms with Crippen LogP contribution in [0.15, 0.2) is 0 Å². The number of amides is 1. The molecule has 0 radical (unpaired) electrons. The fraction of sp³-hybridized carbons (Fsp3) is 0.917. The molecule has 2 atom stereocenters. The maximum absolute atomic E-state index is 11.6. The standard InChI is InChI=1S/C12H23NO2S/c1-10-5-2-3-6-11(10)13-12(15)9-16-8-4-7-14/h10-11,14H,2-9H2,1H3,(H,13,15). The van der Waals surface area contributed by atoms with Crippen LogP contribution in [0, 0.1) is 5.92 Å². The molecule has 1 aliphatic carbocycles. The number of carbonyl (C=O) groups excluding carboxylic acids is 1. The van der Waals surface area contributed by atoms with Crippen LogP contribution in [0.2, 0.25) is 0 Å². The predicted molar refractivity (Wildman–Crippen MR) is 68.6 cm³/mol. The van der Waals surface area contributed by atoms with Crippen molar-refractivity contribution < 1.29 is 9.90 Å². The van der Waals surface area contributed by atoms with E-state index in [1.54, 1.807) is 11.8 Å². The smallest absolute Gasteiger partial charge is 0.230 e. The zero-order valence-electron chi connectivity index (χ0n) is 10.1. The first-order valence-electron chi connectivity index (χ1n) is 6.22. The van der Waals surface area contributed by atoms with E-state index in [-0.39, 0.29) is 12.5 Å². The van der Waals surface area contributed by atoms with Gasteiger partial charge in [0.1, 0.15) is 0 Å². The maximum atomic E-state index is 11.6. The Kier molecular flexibility index (Phi) is 6.88. The molecule has 0 aliphatic heterocycles. The molecule has 1 saturated carbocycles. The van der Waals surface area contributed by atoms with Crippen molar-refractivity contribution in [2.75, 3.05) is 18.1 Å². The number of carbonyl (C=O) groups is 1. The van der Waals surface area contributed by atoms with Gasteiger partial charge in [0.25, 0.3) is 0 Å². The van der Waals surface area contributed by atoms with Gasteiger partial charge in [-0.2, -0.15) is 11.8 Å². The summed E-state index contributed by atoms with van der Waals surface area (Å²) in [5.41, 5.74) is 0. The summed E-state index contributed by atoms with van der Waals surface area (Å²) in [6.07, 6.45) is 5.69. The molecule has 16 heavy (non-hydrogen) atoms. The summed E-state index contributed by atoms with van der Waals surface area (Å²) in [7, 11) is 0. The molecule has 94 valence electrons. The third kappa shape index (κ3) is 5.21. The van der Waals surface area contributed by atoms with Gasteiger partial charge in [-0.1, -0.05) is 19.8 Å². The van der Waals surface area contributed by atoms with Gasteiger partial charge in [-0.05, 0) is 30.9 Å². The van der Waals surface area contributed by atoms with Crippen molar-refractivity contribution in [1.82, 2.24) is 5.32 Å². The minimum absolute atomic E-state index is 0.154. The van der Waals surface area contributed by atoms with Gasteiger partial charge in [0.05, 0.1) is 5.75 Å². The van der Waals surface area contributed by atoms with Crippen molar-refractivity contribution in [1.29, 1.82) is 0 Å². The van der Waals surface area contributed by atoms with Crippen LogP contribution in [0.3, 0.4) is 0 Å². The van der Waals surface area contributed by atoms with E-state index in [4.69, 9.17) is 5.11 Å². The Hall–Kier alpha value is -0.220. The number of nitrogens with one attached hydrogen (secondary N) is 1. The lowest BCUT2D eigenvalue weighted by molar-refractivity contribution is -0.119. The Morgan fingerprint density at radius 1 is 1.44 bits per heavy atom. The quantitative estimate of drug-likeness (QED) is 0.702. The van der Waals surface area contributed by atoms with Crippen LogP contribution in [-0.4, -0.2) is 35.2 Å². The minimum atomic E-state index is 0.154. The van der Waals surface area contributed by atoms with Crippen LogP contribution >= 0.6 is 11.8 Å². The normalized spacial score (nSPS) is 25.4. The monoisotopic (exact) mass is 245 g/mol. The summed E-state index contributed by atoms with van der Waals surface area (Å²) < 4.78 is 0. The third-order valence-corrected chi connectivity index (χ3v) is 4.18. The summed E-state index contributed by atoms with van der Waals surface area (Å²) in [6, 6.07) is 0.389. The van der Waals surface area contributed by atoms with E-state index in [0.717, 1.165) is 18.6 Å². The second-order valence-electron chi connectivity index (χ2n) is 4.57. The van der Waals surface area contributed by atoms with Crippen LogP contribution in [0.1, 0.15) is 39.0 Å². The Labute approximate surface area is 102 Å². The Morgan fingerprint density at radius 2 is 2.19 bits per heavy atom. The van der Waals surface area contributed by atoms with E-state index in [1.807, 2.05) is 0 Å². The summed E-state index contributed by atoms with van der Waals surface area (Å²) in [5, 5.41) is 11.7. The molecular formula is C12H23NO2S. The number of aliphatic hydroxyl groups is 1. The van der Waals surface area contributed by atoms with Crippen molar-refractivity contribution in [3.8, 4) is 0 Å². The highest BCUT2D eigenvalue weighted by Crippen LogP contribution is 2.23. The number of thioether (sulfide) groups is 1. The highest BCUT2D eigenvalue weighted by atomic mass is 32.2. The Balaban J connectivity index is 2.12. The lowest BCUT2D eigenvalue weighted by Gasteiger charge is -2.29. The summed E-state index contributed by atoms with van der Waals surface area (Å²) in [4.78, 5) is 11.6. The largest absolute Gasteiger partial charge is 0.396 e. The molecule has 2 unspecified atom stereocenters. The molecule has 0 heterocycles. The highest BCUT2D eigenvalue weighted by Gasteiger charge is 2.22. The SMILES string of the molecule is CC1CCCCC1NC(=O)CSCCCO. The zero-order valence-corrected chi connectivity index (χ0v) is 10.9. The van der Waals surface area contributed by atoms with E-state index in [9.17, 15) is 4.79 Å². The molecule has 0 spiro atoms. The molecule has 4 heteroatoms. The molecule has 0 aromatic carbocycles. The topological polar surface area (TPSA) is 49.3 Å². The average molecular weight is 245 g/mol. The molecule has 0 bridgehead atoms. The van der Waals surface area contributed by atoms with E-state index in [0.29, 0.717) is 17.7 Å². The average Bonchev–Trinajstić information content (AvgIpc) is 2.28. The second-order valence-corrected chi connectivity index (χ2v) is 5.67. The molecule has 3 nitrogen and oxygen atoms in total. The number of rotatable bonds is 6. The van der Waals surface area contributed by atoms with Crippen molar-refractivity contribution in [3.05, 3.63) is 0 Å². The fourth-order valence-electron chi connectivity index (χ4n) is 2.11. The molecule has 0 saturated heterocycles. The van der Waals surface area contributed by atoms with Gasteiger partial charge in [-0.3, -0.25) is 4.79 Å². The summed E-state index contributed by atoms with van der Waals surface area (Å²) in [6.45, 7) is 2.44. The molecule has 2 N–H and O–H groups in total. The number of hydrogen-bond donors (Lipinski definition) is 2. The number of aliphatic hydroxyl groups excluding tert-OH is 1. The molecular weight excluding hydrogens is 222 g/mol. The molecule has 1 aliphatic rings. The number of hydrogen-bond acceptors (Lipinski definition) is 3. The lowest BCUT2D eigenvalue weighted by Crippen LogP contribution is -2.41.